The number of hydrogen-bond acceptors (Lipinski definition) is 4. The standard InChI is InChI=1S/C31H50N4/c1-25(2)19-27-11-10-12-28(21-27)22-35(30(20-26(3)4)24-32(5)6)23-29-13-8-9-14-31(29)34-17-15-33(7)16-18-34/h8-14,21,25-26,30H,15-20,22-24H2,1-7H3/t30-/m0/s1. The van der Waals surface area contributed by atoms with E-state index in [0.29, 0.717) is 17.9 Å². The maximum atomic E-state index is 2.75. The summed E-state index contributed by atoms with van der Waals surface area (Å²) in [6.07, 6.45) is 2.35. The lowest BCUT2D eigenvalue weighted by molar-refractivity contribution is 0.127. The number of piperazine rings is 1. The van der Waals surface area contributed by atoms with Gasteiger partial charge in [-0.1, -0.05) is 70.2 Å². The highest BCUT2D eigenvalue weighted by Crippen LogP contribution is 2.27. The van der Waals surface area contributed by atoms with Gasteiger partial charge in [0.1, 0.15) is 0 Å². The van der Waals surface area contributed by atoms with Gasteiger partial charge in [-0.25, -0.2) is 0 Å². The first-order valence-electron chi connectivity index (χ1n) is 13.7. The van der Waals surface area contributed by atoms with E-state index in [2.05, 4.69) is 117 Å². The van der Waals surface area contributed by atoms with E-state index >= 15 is 0 Å². The Bertz CT molecular complexity index is 873. The van der Waals surface area contributed by atoms with E-state index in [4.69, 9.17) is 0 Å². The first kappa shape index (κ1) is 27.7. The number of rotatable bonds is 12. The molecule has 194 valence electrons. The molecule has 1 fully saturated rings. The van der Waals surface area contributed by atoms with Crippen molar-refractivity contribution in [1.29, 1.82) is 0 Å². The molecule has 0 bridgehead atoms. The van der Waals surface area contributed by atoms with Crippen LogP contribution < -0.4 is 4.90 Å². The van der Waals surface area contributed by atoms with Crippen molar-refractivity contribution >= 4 is 5.69 Å². The Hall–Kier alpha value is -1.88. The highest BCUT2D eigenvalue weighted by atomic mass is 15.3. The minimum absolute atomic E-state index is 0.513. The van der Waals surface area contributed by atoms with Crippen LogP contribution in [0.4, 0.5) is 5.69 Å². The second-order valence-corrected chi connectivity index (χ2v) is 11.8. The molecule has 0 aliphatic carbocycles. The maximum absolute atomic E-state index is 2.75. The quantitative estimate of drug-likeness (QED) is 0.393. The SMILES string of the molecule is CC(C)Cc1cccc(CN(Cc2ccccc2N2CCN(C)CC2)[C@@H](CC(C)C)CN(C)C)c1. The van der Waals surface area contributed by atoms with E-state index in [-0.39, 0.29) is 0 Å². The third-order valence-corrected chi connectivity index (χ3v) is 7.07. The average Bonchev–Trinajstić information content (AvgIpc) is 2.78. The molecule has 3 rings (SSSR count). The lowest BCUT2D eigenvalue weighted by Crippen LogP contribution is -2.45. The molecule has 0 radical (unpaired) electrons. The van der Waals surface area contributed by atoms with Gasteiger partial charge in [-0.05, 0) is 68.6 Å². The van der Waals surface area contributed by atoms with Gasteiger partial charge in [0, 0.05) is 57.5 Å². The molecule has 1 heterocycles. The Morgan fingerprint density at radius 3 is 2.14 bits per heavy atom. The third kappa shape index (κ3) is 8.93. The zero-order valence-corrected chi connectivity index (χ0v) is 23.5. The molecule has 4 nitrogen and oxygen atoms in total. The Kier molecular flexibility index (Phi) is 10.6. The maximum Gasteiger partial charge on any atom is 0.0412 e. The van der Waals surface area contributed by atoms with E-state index in [1.807, 2.05) is 0 Å². The van der Waals surface area contributed by atoms with Crippen LogP contribution >= 0.6 is 0 Å². The third-order valence-electron chi connectivity index (χ3n) is 7.07. The van der Waals surface area contributed by atoms with E-state index in [0.717, 1.165) is 52.2 Å². The molecule has 0 spiro atoms. The number of hydrogen-bond donors (Lipinski definition) is 0. The summed E-state index contributed by atoms with van der Waals surface area (Å²) in [4.78, 5) is 10.1. The van der Waals surface area contributed by atoms with Gasteiger partial charge in [-0.3, -0.25) is 4.90 Å². The number of para-hydroxylation sites is 1. The monoisotopic (exact) mass is 478 g/mol. The van der Waals surface area contributed by atoms with Gasteiger partial charge in [-0.15, -0.1) is 0 Å². The Morgan fingerprint density at radius 2 is 1.49 bits per heavy atom. The summed E-state index contributed by atoms with van der Waals surface area (Å²) in [6, 6.07) is 19.0. The molecule has 0 N–H and O–H groups in total. The molecule has 1 aliphatic rings. The van der Waals surface area contributed by atoms with Gasteiger partial charge >= 0.3 is 0 Å². The molecule has 0 saturated carbocycles. The van der Waals surface area contributed by atoms with Gasteiger partial charge in [-0.2, -0.15) is 0 Å². The van der Waals surface area contributed by atoms with Crippen molar-refractivity contribution in [3.63, 3.8) is 0 Å². The van der Waals surface area contributed by atoms with Crippen molar-refractivity contribution in [2.75, 3.05) is 58.8 Å². The Labute approximate surface area is 215 Å². The Morgan fingerprint density at radius 1 is 0.800 bits per heavy atom. The molecule has 1 aliphatic heterocycles. The minimum atomic E-state index is 0.513. The topological polar surface area (TPSA) is 13.0 Å². The first-order valence-corrected chi connectivity index (χ1v) is 13.7. The van der Waals surface area contributed by atoms with Crippen LogP contribution in [0, 0.1) is 11.8 Å². The number of nitrogens with zero attached hydrogens (tertiary/aromatic N) is 4. The highest BCUT2D eigenvalue weighted by molar-refractivity contribution is 5.54. The van der Waals surface area contributed by atoms with Crippen molar-refractivity contribution in [2.24, 2.45) is 11.8 Å². The van der Waals surface area contributed by atoms with Gasteiger partial charge in [0.25, 0.3) is 0 Å². The van der Waals surface area contributed by atoms with Crippen LogP contribution in [0.1, 0.15) is 50.8 Å². The summed E-state index contributed by atoms with van der Waals surface area (Å²) in [5.41, 5.74) is 5.78. The van der Waals surface area contributed by atoms with E-state index < -0.39 is 0 Å². The number of benzene rings is 2. The second-order valence-electron chi connectivity index (χ2n) is 11.8. The summed E-state index contributed by atoms with van der Waals surface area (Å²) in [5.74, 6) is 1.35. The molecule has 4 heteroatoms. The average molecular weight is 479 g/mol. The van der Waals surface area contributed by atoms with Crippen molar-refractivity contribution in [2.45, 2.75) is 59.7 Å². The molecule has 0 amide bonds. The summed E-state index contributed by atoms with van der Waals surface area (Å²) < 4.78 is 0. The summed E-state index contributed by atoms with van der Waals surface area (Å²) in [7, 11) is 6.66. The van der Waals surface area contributed by atoms with E-state index in [9.17, 15) is 0 Å². The number of anilines is 1. The van der Waals surface area contributed by atoms with E-state index in [1.54, 1.807) is 0 Å². The predicted octanol–water partition coefficient (Wildman–Crippen LogP) is 5.62. The summed E-state index contributed by atoms with van der Waals surface area (Å²) >= 11 is 0. The van der Waals surface area contributed by atoms with Gasteiger partial charge < -0.3 is 14.7 Å². The fourth-order valence-electron chi connectivity index (χ4n) is 5.40. The summed E-state index contributed by atoms with van der Waals surface area (Å²) in [5, 5.41) is 0. The fourth-order valence-corrected chi connectivity index (χ4v) is 5.40. The fraction of sp³-hybridized carbons (Fsp3) is 0.613. The highest BCUT2D eigenvalue weighted by Gasteiger charge is 2.24. The second kappa shape index (κ2) is 13.4. The molecule has 1 saturated heterocycles. The van der Waals surface area contributed by atoms with Crippen LogP contribution in [-0.2, 0) is 19.5 Å². The normalized spacial score (nSPS) is 16.1. The van der Waals surface area contributed by atoms with Crippen LogP contribution in [0.3, 0.4) is 0 Å². The molecule has 1 atom stereocenters. The molecule has 35 heavy (non-hydrogen) atoms. The van der Waals surface area contributed by atoms with Crippen molar-refractivity contribution in [3.05, 3.63) is 65.2 Å². The predicted molar refractivity (Wildman–Crippen MR) is 152 cm³/mol. The molecule has 0 aromatic heterocycles. The molecular weight excluding hydrogens is 428 g/mol. The zero-order valence-electron chi connectivity index (χ0n) is 23.5. The van der Waals surface area contributed by atoms with Gasteiger partial charge in [0.2, 0.25) is 0 Å². The van der Waals surface area contributed by atoms with Crippen molar-refractivity contribution < 1.29 is 0 Å². The van der Waals surface area contributed by atoms with Crippen LogP contribution in [0.5, 0.6) is 0 Å². The largest absolute Gasteiger partial charge is 0.369 e. The molecule has 0 unspecified atom stereocenters. The molecule has 2 aromatic carbocycles. The molecular formula is C31H50N4. The van der Waals surface area contributed by atoms with Crippen molar-refractivity contribution in [3.8, 4) is 0 Å². The number of likely N-dealkylation sites (N-methyl/N-ethyl adjacent to an activating group) is 2. The van der Waals surface area contributed by atoms with Crippen LogP contribution in [-0.4, -0.2) is 74.6 Å². The first-order chi connectivity index (χ1) is 16.7. The van der Waals surface area contributed by atoms with E-state index in [1.165, 1.54) is 28.8 Å². The lowest BCUT2D eigenvalue weighted by atomic mass is 9.98. The summed E-state index contributed by atoms with van der Waals surface area (Å²) in [6.45, 7) is 16.9. The van der Waals surface area contributed by atoms with Crippen molar-refractivity contribution in [1.82, 2.24) is 14.7 Å². The lowest BCUT2D eigenvalue weighted by Gasteiger charge is -2.38. The smallest absolute Gasteiger partial charge is 0.0412 e. The Balaban J connectivity index is 1.90. The molecule has 2 aromatic rings. The van der Waals surface area contributed by atoms with Gasteiger partial charge in [0.05, 0.1) is 0 Å². The zero-order chi connectivity index (χ0) is 25.4. The van der Waals surface area contributed by atoms with Crippen LogP contribution in [0.2, 0.25) is 0 Å². The van der Waals surface area contributed by atoms with Crippen LogP contribution in [0.25, 0.3) is 0 Å². The van der Waals surface area contributed by atoms with Gasteiger partial charge in [0.15, 0.2) is 0 Å². The minimum Gasteiger partial charge on any atom is -0.369 e. The van der Waals surface area contributed by atoms with Crippen LogP contribution in [0.15, 0.2) is 48.5 Å².